The molecule has 0 aromatic heterocycles. The Morgan fingerprint density at radius 2 is 2.08 bits per heavy atom. The van der Waals surface area contributed by atoms with E-state index in [1.165, 1.54) is 7.11 Å². The first-order valence-corrected chi connectivity index (χ1v) is 8.65. The number of ether oxygens (including phenoxy) is 1. The van der Waals surface area contributed by atoms with Gasteiger partial charge in [-0.15, -0.1) is 0 Å². The van der Waals surface area contributed by atoms with Gasteiger partial charge in [-0.05, 0) is 19.9 Å². The molecule has 0 saturated carbocycles. The summed E-state index contributed by atoms with van der Waals surface area (Å²) >= 11 is 0. The van der Waals surface area contributed by atoms with Crippen molar-refractivity contribution in [2.75, 3.05) is 33.3 Å². The molecule has 2 N–H and O–H groups in total. The Kier molecular flexibility index (Phi) is 4.86. The third-order valence-corrected chi connectivity index (χ3v) is 4.94. The highest BCUT2D eigenvalue weighted by Gasteiger charge is 2.51. The predicted molar refractivity (Wildman–Crippen MR) is 94.6 cm³/mol. The number of nitrogens with one attached hydrogen (secondary N) is 2. The van der Waals surface area contributed by atoms with Crippen molar-refractivity contribution in [1.82, 2.24) is 20.4 Å². The Labute approximate surface area is 152 Å². The second kappa shape index (κ2) is 6.95. The largest absolute Gasteiger partial charge is 0.496 e. The van der Waals surface area contributed by atoms with Gasteiger partial charge in [-0.3, -0.25) is 14.5 Å². The zero-order chi connectivity index (χ0) is 18.9. The number of carbonyl (C=O) groups excluding carboxylic acids is 3. The van der Waals surface area contributed by atoms with Crippen molar-refractivity contribution < 1.29 is 19.1 Å². The van der Waals surface area contributed by atoms with E-state index in [1.807, 2.05) is 6.92 Å². The first-order chi connectivity index (χ1) is 12.4. The Bertz CT molecular complexity index is 738. The molecule has 2 heterocycles. The summed E-state index contributed by atoms with van der Waals surface area (Å²) in [5.74, 6) is -0.178. The first-order valence-electron chi connectivity index (χ1n) is 8.65. The lowest BCUT2D eigenvalue weighted by atomic mass is 9.91. The fraction of sp³-hybridized carbons (Fsp3) is 0.500. The summed E-state index contributed by atoms with van der Waals surface area (Å²) in [6.45, 7) is 5.19. The van der Waals surface area contributed by atoms with E-state index in [9.17, 15) is 14.4 Å². The molecule has 0 spiro atoms. The van der Waals surface area contributed by atoms with Crippen LogP contribution in [0, 0.1) is 0 Å². The third kappa shape index (κ3) is 3.12. The lowest BCUT2D eigenvalue weighted by molar-refractivity contribution is -0.139. The fourth-order valence-corrected chi connectivity index (χ4v) is 3.47. The number of benzene rings is 1. The molecule has 2 aliphatic heterocycles. The molecule has 140 valence electrons. The number of carbonyl (C=O) groups is 3. The van der Waals surface area contributed by atoms with E-state index in [4.69, 9.17) is 4.74 Å². The number of imide groups is 1. The molecule has 2 atom stereocenters. The van der Waals surface area contributed by atoms with Crippen molar-refractivity contribution in [2.45, 2.75) is 25.4 Å². The summed E-state index contributed by atoms with van der Waals surface area (Å²) in [5.41, 5.74) is -0.702. The average Bonchev–Trinajstić information content (AvgIpc) is 2.85. The van der Waals surface area contributed by atoms with Gasteiger partial charge in [0.1, 0.15) is 17.8 Å². The van der Waals surface area contributed by atoms with Gasteiger partial charge in [0.25, 0.3) is 5.91 Å². The van der Waals surface area contributed by atoms with E-state index < -0.39 is 17.5 Å². The van der Waals surface area contributed by atoms with Crippen molar-refractivity contribution in [3.8, 4) is 5.75 Å². The maximum Gasteiger partial charge on any atom is 0.325 e. The van der Waals surface area contributed by atoms with Crippen LogP contribution in [0.4, 0.5) is 4.79 Å². The lowest BCUT2D eigenvalue weighted by Crippen LogP contribution is -2.54. The number of methoxy groups -OCH3 is 1. The molecule has 0 aliphatic carbocycles. The molecule has 26 heavy (non-hydrogen) atoms. The molecule has 4 amide bonds. The maximum atomic E-state index is 13.0. The van der Waals surface area contributed by atoms with Gasteiger partial charge in [-0.2, -0.15) is 0 Å². The summed E-state index contributed by atoms with van der Waals surface area (Å²) in [6, 6.07) is 6.66. The van der Waals surface area contributed by atoms with E-state index in [1.54, 1.807) is 36.1 Å². The standard InChI is InChI=1S/C18H24N4O4/c1-12-10-21(9-8-19-12)15(23)11-22-16(24)18(2,20-17(22)25)13-6-4-5-7-14(13)26-3/h4-7,12,19H,8-11H2,1-3H3,(H,20,25)/t12-,18?/m1/s1. The van der Waals surface area contributed by atoms with Crippen molar-refractivity contribution in [3.05, 3.63) is 29.8 Å². The van der Waals surface area contributed by atoms with E-state index >= 15 is 0 Å². The van der Waals surface area contributed by atoms with E-state index in [0.29, 0.717) is 30.9 Å². The molecule has 1 aromatic carbocycles. The minimum absolute atomic E-state index is 0.189. The van der Waals surface area contributed by atoms with Crippen LogP contribution in [0.2, 0.25) is 0 Å². The molecule has 1 aromatic rings. The predicted octanol–water partition coefficient (Wildman–Crippen LogP) is 0.283. The SMILES string of the molecule is COc1ccccc1C1(C)NC(=O)N(CC(=O)N2CCN[C@H](C)C2)C1=O. The second-order valence-electron chi connectivity index (χ2n) is 6.84. The summed E-state index contributed by atoms with van der Waals surface area (Å²) < 4.78 is 5.33. The molecule has 8 nitrogen and oxygen atoms in total. The monoisotopic (exact) mass is 360 g/mol. The van der Waals surface area contributed by atoms with E-state index in [0.717, 1.165) is 4.90 Å². The second-order valence-corrected chi connectivity index (χ2v) is 6.84. The number of para-hydroxylation sites is 1. The quantitative estimate of drug-likeness (QED) is 0.753. The topological polar surface area (TPSA) is 91.0 Å². The van der Waals surface area contributed by atoms with Crippen LogP contribution in [-0.2, 0) is 15.1 Å². The zero-order valence-corrected chi connectivity index (χ0v) is 15.2. The summed E-state index contributed by atoms with van der Waals surface area (Å²) in [7, 11) is 1.51. The number of rotatable bonds is 4. The molecule has 1 unspecified atom stereocenters. The molecule has 0 bridgehead atoms. The number of amides is 4. The van der Waals surface area contributed by atoms with E-state index in [2.05, 4.69) is 10.6 Å². The molecular formula is C18H24N4O4. The maximum absolute atomic E-state index is 13.0. The van der Waals surface area contributed by atoms with Gasteiger partial charge >= 0.3 is 6.03 Å². The van der Waals surface area contributed by atoms with Crippen LogP contribution in [0.5, 0.6) is 5.75 Å². The average molecular weight is 360 g/mol. The molecule has 3 rings (SSSR count). The highest BCUT2D eigenvalue weighted by atomic mass is 16.5. The highest BCUT2D eigenvalue weighted by molar-refractivity contribution is 6.09. The van der Waals surface area contributed by atoms with Crippen molar-refractivity contribution in [3.63, 3.8) is 0 Å². The third-order valence-electron chi connectivity index (χ3n) is 4.94. The van der Waals surface area contributed by atoms with Gasteiger partial charge < -0.3 is 20.3 Å². The van der Waals surface area contributed by atoms with Crippen molar-refractivity contribution in [2.24, 2.45) is 0 Å². The Morgan fingerprint density at radius 3 is 2.77 bits per heavy atom. The fourth-order valence-electron chi connectivity index (χ4n) is 3.47. The van der Waals surface area contributed by atoms with Crippen LogP contribution >= 0.6 is 0 Å². The molecular weight excluding hydrogens is 336 g/mol. The minimum Gasteiger partial charge on any atom is -0.496 e. The van der Waals surface area contributed by atoms with Crippen LogP contribution in [-0.4, -0.2) is 67.0 Å². The van der Waals surface area contributed by atoms with Crippen LogP contribution < -0.4 is 15.4 Å². The Hall–Kier alpha value is -2.61. The lowest BCUT2D eigenvalue weighted by Gasteiger charge is -2.32. The van der Waals surface area contributed by atoms with Crippen LogP contribution in [0.3, 0.4) is 0 Å². The summed E-state index contributed by atoms with van der Waals surface area (Å²) in [5, 5.41) is 5.97. The van der Waals surface area contributed by atoms with Gasteiger partial charge in [0.05, 0.1) is 7.11 Å². The summed E-state index contributed by atoms with van der Waals surface area (Å²) in [4.78, 5) is 40.6. The van der Waals surface area contributed by atoms with Crippen molar-refractivity contribution in [1.29, 1.82) is 0 Å². The molecule has 0 radical (unpaired) electrons. The zero-order valence-electron chi connectivity index (χ0n) is 15.2. The van der Waals surface area contributed by atoms with Gasteiger partial charge in [0.15, 0.2) is 0 Å². The first kappa shape index (κ1) is 18.2. The van der Waals surface area contributed by atoms with Crippen LogP contribution in [0.15, 0.2) is 24.3 Å². The smallest absolute Gasteiger partial charge is 0.325 e. The number of urea groups is 1. The van der Waals surface area contributed by atoms with Crippen molar-refractivity contribution >= 4 is 17.8 Å². The van der Waals surface area contributed by atoms with Crippen LogP contribution in [0.1, 0.15) is 19.4 Å². The molecule has 2 saturated heterocycles. The van der Waals surface area contributed by atoms with E-state index in [-0.39, 0.29) is 18.5 Å². The Balaban J connectivity index is 1.79. The number of hydrogen-bond donors (Lipinski definition) is 2. The van der Waals surface area contributed by atoms with Gasteiger partial charge in [0, 0.05) is 31.2 Å². The highest BCUT2D eigenvalue weighted by Crippen LogP contribution is 2.34. The van der Waals surface area contributed by atoms with Gasteiger partial charge in [-0.1, -0.05) is 18.2 Å². The molecule has 2 fully saturated rings. The molecule has 8 heteroatoms. The number of nitrogens with zero attached hydrogens (tertiary/aromatic N) is 2. The normalized spacial score (nSPS) is 26.0. The minimum atomic E-state index is -1.26. The number of piperazine rings is 1. The van der Waals surface area contributed by atoms with Crippen LogP contribution in [0.25, 0.3) is 0 Å². The summed E-state index contributed by atoms with van der Waals surface area (Å²) in [6.07, 6.45) is 0. The number of hydrogen-bond acceptors (Lipinski definition) is 5. The van der Waals surface area contributed by atoms with Gasteiger partial charge in [0.2, 0.25) is 5.91 Å². The van der Waals surface area contributed by atoms with Gasteiger partial charge in [-0.25, -0.2) is 4.79 Å². The Morgan fingerprint density at radius 1 is 1.35 bits per heavy atom. The molecule has 2 aliphatic rings.